The van der Waals surface area contributed by atoms with Crippen LogP contribution in [0.1, 0.15) is 15.9 Å². The minimum Gasteiger partial charge on any atom is -0.379 e. The Morgan fingerprint density at radius 2 is 1.94 bits per heavy atom. The molecule has 1 amide bonds. The molecule has 32 heavy (non-hydrogen) atoms. The lowest BCUT2D eigenvalue weighted by atomic mass is 10.1. The van der Waals surface area contributed by atoms with Crippen LogP contribution in [0.5, 0.6) is 0 Å². The number of ether oxygens (including phenoxy) is 1. The molecule has 9 heteroatoms. The van der Waals surface area contributed by atoms with Crippen LogP contribution in [-0.4, -0.2) is 65.2 Å². The molecule has 2 aromatic carbocycles. The maximum absolute atomic E-state index is 13.7. The van der Waals surface area contributed by atoms with Crippen molar-refractivity contribution in [3.63, 3.8) is 0 Å². The van der Waals surface area contributed by atoms with E-state index >= 15 is 0 Å². The van der Waals surface area contributed by atoms with Crippen LogP contribution in [0.2, 0.25) is 5.02 Å². The number of thiazole rings is 1. The molecule has 7 nitrogen and oxygen atoms in total. The van der Waals surface area contributed by atoms with E-state index in [0.29, 0.717) is 41.0 Å². The van der Waals surface area contributed by atoms with Crippen molar-refractivity contribution in [3.05, 3.63) is 58.9 Å². The summed E-state index contributed by atoms with van der Waals surface area (Å²) in [6.45, 7) is 6.42. The summed E-state index contributed by atoms with van der Waals surface area (Å²) in [4.78, 5) is 31.2. The van der Waals surface area contributed by atoms with Crippen molar-refractivity contribution in [3.8, 4) is 0 Å². The van der Waals surface area contributed by atoms with E-state index in [1.807, 2.05) is 25.1 Å². The fourth-order valence-electron chi connectivity index (χ4n) is 3.81. The second kappa shape index (κ2) is 9.07. The van der Waals surface area contributed by atoms with Crippen LogP contribution in [0.15, 0.2) is 42.7 Å². The van der Waals surface area contributed by atoms with Crippen molar-refractivity contribution in [1.29, 1.82) is 0 Å². The van der Waals surface area contributed by atoms with Gasteiger partial charge in [-0.15, -0.1) is 0 Å². The van der Waals surface area contributed by atoms with E-state index in [9.17, 15) is 4.79 Å². The maximum atomic E-state index is 13.7. The zero-order valence-electron chi connectivity index (χ0n) is 17.6. The third-order valence-electron chi connectivity index (χ3n) is 5.62. The average molecular weight is 468 g/mol. The molecule has 0 saturated carbocycles. The van der Waals surface area contributed by atoms with Crippen molar-refractivity contribution >= 4 is 55.2 Å². The van der Waals surface area contributed by atoms with Crippen LogP contribution in [0.4, 0.5) is 5.13 Å². The van der Waals surface area contributed by atoms with Crippen molar-refractivity contribution in [2.24, 2.45) is 0 Å². The highest BCUT2D eigenvalue weighted by molar-refractivity contribution is 7.23. The molecule has 0 N–H and O–H groups in total. The van der Waals surface area contributed by atoms with Gasteiger partial charge in [-0.25, -0.2) is 4.98 Å². The molecule has 0 aliphatic carbocycles. The number of carbonyl (C=O) groups excluding carboxylic acids is 1. The van der Waals surface area contributed by atoms with Gasteiger partial charge in [0.2, 0.25) is 0 Å². The predicted octanol–water partition coefficient (Wildman–Crippen LogP) is 4.18. The van der Waals surface area contributed by atoms with Gasteiger partial charge in [-0.2, -0.15) is 0 Å². The molecule has 0 spiro atoms. The number of hydrogen-bond acceptors (Lipinski definition) is 7. The van der Waals surface area contributed by atoms with E-state index in [1.54, 1.807) is 29.4 Å². The molecule has 3 heterocycles. The predicted molar refractivity (Wildman–Crippen MR) is 128 cm³/mol. The van der Waals surface area contributed by atoms with Gasteiger partial charge in [-0.05, 0) is 36.8 Å². The van der Waals surface area contributed by atoms with E-state index < -0.39 is 0 Å². The van der Waals surface area contributed by atoms with Gasteiger partial charge in [0, 0.05) is 44.1 Å². The number of carbonyl (C=O) groups is 1. The van der Waals surface area contributed by atoms with Gasteiger partial charge < -0.3 is 4.74 Å². The van der Waals surface area contributed by atoms with E-state index in [2.05, 4.69) is 14.9 Å². The highest BCUT2D eigenvalue weighted by Crippen LogP contribution is 2.36. The lowest BCUT2D eigenvalue weighted by Crippen LogP contribution is -2.43. The first-order valence-corrected chi connectivity index (χ1v) is 11.7. The summed E-state index contributed by atoms with van der Waals surface area (Å²) < 4.78 is 6.35. The first kappa shape index (κ1) is 21.2. The first-order chi connectivity index (χ1) is 15.6. The van der Waals surface area contributed by atoms with Gasteiger partial charge in [-0.1, -0.05) is 29.0 Å². The number of aromatic nitrogens is 3. The molecule has 0 radical (unpaired) electrons. The Kier molecular flexibility index (Phi) is 6.01. The number of nitrogens with zero attached hydrogens (tertiary/aromatic N) is 5. The number of amides is 1. The zero-order chi connectivity index (χ0) is 22.1. The number of halogens is 1. The number of anilines is 1. The highest BCUT2D eigenvalue weighted by atomic mass is 35.5. The van der Waals surface area contributed by atoms with Crippen molar-refractivity contribution in [2.75, 3.05) is 44.3 Å². The Bertz CT molecular complexity index is 1250. The normalized spacial score (nSPS) is 14.8. The third kappa shape index (κ3) is 4.19. The van der Waals surface area contributed by atoms with E-state index in [4.69, 9.17) is 21.3 Å². The monoisotopic (exact) mass is 467 g/mol. The number of aryl methyl sites for hydroxylation is 1. The average Bonchev–Trinajstić information content (AvgIpc) is 3.28. The fraction of sp³-hybridized carbons (Fsp3) is 0.304. The zero-order valence-corrected chi connectivity index (χ0v) is 19.2. The topological polar surface area (TPSA) is 71.5 Å². The summed E-state index contributed by atoms with van der Waals surface area (Å²) in [6.07, 6.45) is 3.27. The SMILES string of the molecule is Cc1ccc(Cl)c2sc(N(CCN3CCOCC3)C(=O)c3ccc4nccnc4c3)nc12. The molecule has 4 aromatic rings. The quantitative estimate of drug-likeness (QED) is 0.438. The summed E-state index contributed by atoms with van der Waals surface area (Å²) in [5.74, 6) is -0.112. The van der Waals surface area contributed by atoms with Gasteiger partial charge >= 0.3 is 0 Å². The molecule has 164 valence electrons. The number of morpholine rings is 1. The van der Waals surface area contributed by atoms with Crippen LogP contribution < -0.4 is 4.90 Å². The molecular formula is C23H22ClN5O2S. The van der Waals surface area contributed by atoms with Gasteiger partial charge in [-0.3, -0.25) is 24.6 Å². The van der Waals surface area contributed by atoms with E-state index in [1.165, 1.54) is 11.3 Å². The van der Waals surface area contributed by atoms with Crippen LogP contribution in [0, 0.1) is 6.92 Å². The summed E-state index contributed by atoms with van der Waals surface area (Å²) >= 11 is 7.89. The summed E-state index contributed by atoms with van der Waals surface area (Å²) in [5.41, 5.74) is 3.88. The molecule has 2 aromatic heterocycles. The molecule has 5 rings (SSSR count). The minimum absolute atomic E-state index is 0.112. The molecule has 1 fully saturated rings. The van der Waals surface area contributed by atoms with Crippen LogP contribution in [0.3, 0.4) is 0 Å². The summed E-state index contributed by atoms with van der Waals surface area (Å²) in [5, 5.41) is 1.30. The van der Waals surface area contributed by atoms with Gasteiger partial charge in [0.15, 0.2) is 5.13 Å². The molecule has 0 bridgehead atoms. The fourth-order valence-corrected chi connectivity index (χ4v) is 5.15. The van der Waals surface area contributed by atoms with E-state index in [0.717, 1.165) is 40.9 Å². The lowest BCUT2D eigenvalue weighted by molar-refractivity contribution is 0.0391. The van der Waals surface area contributed by atoms with Crippen molar-refractivity contribution < 1.29 is 9.53 Å². The largest absolute Gasteiger partial charge is 0.379 e. The molecule has 0 unspecified atom stereocenters. The Balaban J connectivity index is 1.51. The minimum atomic E-state index is -0.112. The third-order valence-corrected chi connectivity index (χ3v) is 7.16. The van der Waals surface area contributed by atoms with E-state index in [-0.39, 0.29) is 5.91 Å². The van der Waals surface area contributed by atoms with Crippen molar-refractivity contribution in [2.45, 2.75) is 6.92 Å². The maximum Gasteiger partial charge on any atom is 0.260 e. The number of fused-ring (bicyclic) bond motifs is 2. The number of hydrogen-bond donors (Lipinski definition) is 0. The Morgan fingerprint density at radius 3 is 2.72 bits per heavy atom. The molecule has 1 aliphatic rings. The summed E-state index contributed by atoms with van der Waals surface area (Å²) in [7, 11) is 0. The Hall–Kier alpha value is -2.65. The van der Waals surface area contributed by atoms with Gasteiger partial charge in [0.05, 0.1) is 39.5 Å². The Labute approximate surface area is 194 Å². The van der Waals surface area contributed by atoms with Crippen molar-refractivity contribution in [1.82, 2.24) is 19.9 Å². The smallest absolute Gasteiger partial charge is 0.260 e. The highest BCUT2D eigenvalue weighted by Gasteiger charge is 2.24. The first-order valence-electron chi connectivity index (χ1n) is 10.5. The molecular weight excluding hydrogens is 446 g/mol. The van der Waals surface area contributed by atoms with Crippen LogP contribution in [-0.2, 0) is 4.74 Å². The van der Waals surface area contributed by atoms with Crippen LogP contribution >= 0.6 is 22.9 Å². The van der Waals surface area contributed by atoms with Gasteiger partial charge in [0.25, 0.3) is 5.91 Å². The van der Waals surface area contributed by atoms with Gasteiger partial charge in [0.1, 0.15) is 0 Å². The Morgan fingerprint density at radius 1 is 1.16 bits per heavy atom. The second-order valence-electron chi connectivity index (χ2n) is 7.71. The number of benzene rings is 2. The molecule has 1 aliphatic heterocycles. The number of rotatable bonds is 5. The lowest BCUT2D eigenvalue weighted by Gasteiger charge is -2.29. The second-order valence-corrected chi connectivity index (χ2v) is 9.09. The molecule has 1 saturated heterocycles. The molecule has 0 atom stereocenters. The summed E-state index contributed by atoms with van der Waals surface area (Å²) in [6, 6.07) is 9.25. The standard InChI is InChI=1S/C23H22ClN5O2S/c1-15-2-4-17(24)21-20(15)27-23(32-21)29(9-8-28-10-12-31-13-11-28)22(30)16-3-5-18-19(14-16)26-7-6-25-18/h2-7,14H,8-13H2,1H3. The van der Waals surface area contributed by atoms with Crippen LogP contribution in [0.25, 0.3) is 21.3 Å².